The number of aliphatic imine (C=N–C) groups is 1. The highest BCUT2D eigenvalue weighted by molar-refractivity contribution is 14.0. The van der Waals surface area contributed by atoms with Crippen LogP contribution in [0.15, 0.2) is 52.1 Å². The van der Waals surface area contributed by atoms with Gasteiger partial charge in [0.15, 0.2) is 5.96 Å². The van der Waals surface area contributed by atoms with Gasteiger partial charge in [0, 0.05) is 32.0 Å². The summed E-state index contributed by atoms with van der Waals surface area (Å²) in [7, 11) is 1.74. The number of guanidine groups is 1. The van der Waals surface area contributed by atoms with Crippen molar-refractivity contribution in [3.63, 3.8) is 0 Å². The highest BCUT2D eigenvalue weighted by Gasteiger charge is 2.20. The Morgan fingerprint density at radius 1 is 1.17 bits per heavy atom. The fraction of sp³-hybridized carbons (Fsp3) is 0.389. The summed E-state index contributed by atoms with van der Waals surface area (Å²) in [4.78, 5) is 4.22. The first-order valence-corrected chi connectivity index (χ1v) is 7.74. The Bertz CT molecular complexity index is 624. The van der Waals surface area contributed by atoms with Gasteiger partial charge in [-0.1, -0.05) is 26.0 Å². The van der Waals surface area contributed by atoms with E-state index in [2.05, 4.69) is 29.5 Å². The Hall–Kier alpha value is -1.57. The Morgan fingerprint density at radius 2 is 1.88 bits per heavy atom. The first-order chi connectivity index (χ1) is 11.0. The monoisotopic (exact) mass is 445 g/mol. The average Bonchev–Trinajstić information content (AvgIpc) is 3.04. The lowest BCUT2D eigenvalue weighted by molar-refractivity contribution is 0.499. The van der Waals surface area contributed by atoms with Gasteiger partial charge in [-0.25, -0.2) is 4.39 Å². The number of benzene rings is 1. The van der Waals surface area contributed by atoms with Crippen LogP contribution in [0.3, 0.4) is 0 Å². The second kappa shape index (κ2) is 9.66. The van der Waals surface area contributed by atoms with Crippen LogP contribution in [0, 0.1) is 5.82 Å². The molecular weight excluding hydrogens is 420 g/mol. The van der Waals surface area contributed by atoms with E-state index in [4.69, 9.17) is 4.42 Å². The summed E-state index contributed by atoms with van der Waals surface area (Å²) in [5.41, 5.74) is 0.948. The zero-order chi connectivity index (χ0) is 16.7. The second-order valence-corrected chi connectivity index (χ2v) is 6.07. The fourth-order valence-corrected chi connectivity index (χ4v) is 2.29. The van der Waals surface area contributed by atoms with E-state index in [9.17, 15) is 4.39 Å². The minimum absolute atomic E-state index is 0. The zero-order valence-electron chi connectivity index (χ0n) is 14.3. The lowest BCUT2D eigenvalue weighted by Crippen LogP contribution is -2.44. The summed E-state index contributed by atoms with van der Waals surface area (Å²) in [5.74, 6) is 1.47. The van der Waals surface area contributed by atoms with Crippen molar-refractivity contribution in [2.45, 2.75) is 25.7 Å². The van der Waals surface area contributed by atoms with E-state index < -0.39 is 0 Å². The minimum Gasteiger partial charge on any atom is -0.469 e. The molecule has 0 saturated heterocycles. The van der Waals surface area contributed by atoms with Crippen molar-refractivity contribution in [3.05, 3.63) is 59.8 Å². The molecule has 0 bridgehead atoms. The molecule has 0 unspecified atom stereocenters. The van der Waals surface area contributed by atoms with Gasteiger partial charge in [-0.05, 0) is 29.8 Å². The third-order valence-electron chi connectivity index (χ3n) is 3.79. The summed E-state index contributed by atoms with van der Waals surface area (Å²) >= 11 is 0. The van der Waals surface area contributed by atoms with Crippen LogP contribution in [0.25, 0.3) is 0 Å². The Labute approximate surface area is 160 Å². The average molecular weight is 445 g/mol. The smallest absolute Gasteiger partial charge is 0.191 e. The maximum atomic E-state index is 13.0. The first kappa shape index (κ1) is 20.5. The SMILES string of the molecule is CN=C(NCCc1ccco1)NCC(C)(C)c1ccc(F)cc1.I. The van der Waals surface area contributed by atoms with Crippen LogP contribution < -0.4 is 10.6 Å². The standard InChI is InChI=1S/C18H24FN3O.HI/c1-18(2,14-6-8-15(19)9-7-14)13-22-17(20-3)21-11-10-16-5-4-12-23-16;/h4-9,12H,10-11,13H2,1-3H3,(H2,20,21,22);1H. The van der Waals surface area contributed by atoms with Crippen molar-refractivity contribution in [1.82, 2.24) is 10.6 Å². The molecule has 0 radical (unpaired) electrons. The molecule has 0 spiro atoms. The summed E-state index contributed by atoms with van der Waals surface area (Å²) in [5, 5.41) is 6.58. The van der Waals surface area contributed by atoms with Crippen LogP contribution in [-0.2, 0) is 11.8 Å². The predicted octanol–water partition coefficient (Wildman–Crippen LogP) is 3.72. The molecule has 2 N–H and O–H groups in total. The maximum Gasteiger partial charge on any atom is 0.191 e. The third-order valence-corrected chi connectivity index (χ3v) is 3.79. The van der Waals surface area contributed by atoms with E-state index in [0.717, 1.165) is 30.2 Å². The van der Waals surface area contributed by atoms with Crippen LogP contribution in [0.1, 0.15) is 25.2 Å². The number of hydrogen-bond acceptors (Lipinski definition) is 2. The molecule has 6 heteroatoms. The molecule has 1 aromatic heterocycles. The fourth-order valence-electron chi connectivity index (χ4n) is 2.29. The van der Waals surface area contributed by atoms with E-state index in [1.165, 1.54) is 12.1 Å². The number of halogens is 2. The van der Waals surface area contributed by atoms with Crippen molar-refractivity contribution >= 4 is 29.9 Å². The Kier molecular flexibility index (Phi) is 8.24. The van der Waals surface area contributed by atoms with Crippen LogP contribution in [0.2, 0.25) is 0 Å². The molecule has 132 valence electrons. The largest absolute Gasteiger partial charge is 0.469 e. The summed E-state index contributed by atoms with van der Waals surface area (Å²) in [6.45, 7) is 5.66. The molecular formula is C18H25FIN3O. The van der Waals surface area contributed by atoms with E-state index in [-0.39, 0.29) is 35.2 Å². The van der Waals surface area contributed by atoms with Gasteiger partial charge in [-0.2, -0.15) is 0 Å². The molecule has 0 atom stereocenters. The van der Waals surface area contributed by atoms with Gasteiger partial charge in [0.05, 0.1) is 6.26 Å². The lowest BCUT2D eigenvalue weighted by atomic mass is 9.84. The van der Waals surface area contributed by atoms with Crippen LogP contribution >= 0.6 is 24.0 Å². The number of hydrogen-bond donors (Lipinski definition) is 2. The minimum atomic E-state index is -0.215. The Balaban J connectivity index is 0.00000288. The van der Waals surface area contributed by atoms with Gasteiger partial charge in [-0.3, -0.25) is 4.99 Å². The molecule has 24 heavy (non-hydrogen) atoms. The van der Waals surface area contributed by atoms with E-state index >= 15 is 0 Å². The van der Waals surface area contributed by atoms with Crippen LogP contribution in [0.4, 0.5) is 4.39 Å². The second-order valence-electron chi connectivity index (χ2n) is 6.07. The van der Waals surface area contributed by atoms with Gasteiger partial charge in [0.25, 0.3) is 0 Å². The predicted molar refractivity (Wildman–Crippen MR) is 107 cm³/mol. The van der Waals surface area contributed by atoms with Gasteiger partial charge in [0.1, 0.15) is 11.6 Å². The quantitative estimate of drug-likeness (QED) is 0.405. The summed E-state index contributed by atoms with van der Waals surface area (Å²) in [6.07, 6.45) is 2.47. The molecule has 0 aliphatic carbocycles. The number of nitrogens with zero attached hydrogens (tertiary/aromatic N) is 1. The lowest BCUT2D eigenvalue weighted by Gasteiger charge is -2.26. The molecule has 0 amide bonds. The van der Waals surface area contributed by atoms with Gasteiger partial charge in [0.2, 0.25) is 0 Å². The molecule has 2 rings (SSSR count). The van der Waals surface area contributed by atoms with E-state index in [1.807, 2.05) is 24.3 Å². The van der Waals surface area contributed by atoms with Crippen LogP contribution in [-0.4, -0.2) is 26.1 Å². The normalized spacial score (nSPS) is 11.8. The molecule has 0 aliphatic heterocycles. The number of furan rings is 1. The van der Waals surface area contributed by atoms with Crippen molar-refractivity contribution in [3.8, 4) is 0 Å². The van der Waals surface area contributed by atoms with Gasteiger partial charge >= 0.3 is 0 Å². The van der Waals surface area contributed by atoms with E-state index in [0.29, 0.717) is 6.54 Å². The van der Waals surface area contributed by atoms with Crippen molar-refractivity contribution in [2.75, 3.05) is 20.1 Å². The molecule has 0 fully saturated rings. The highest BCUT2D eigenvalue weighted by Crippen LogP contribution is 2.22. The molecule has 0 aliphatic rings. The van der Waals surface area contributed by atoms with Gasteiger partial charge < -0.3 is 15.1 Å². The number of nitrogens with one attached hydrogen (secondary N) is 2. The summed E-state index contributed by atoms with van der Waals surface area (Å²) in [6, 6.07) is 10.5. The Morgan fingerprint density at radius 3 is 2.46 bits per heavy atom. The third kappa shape index (κ3) is 6.14. The first-order valence-electron chi connectivity index (χ1n) is 7.74. The topological polar surface area (TPSA) is 49.6 Å². The van der Waals surface area contributed by atoms with E-state index in [1.54, 1.807) is 13.3 Å². The highest BCUT2D eigenvalue weighted by atomic mass is 127. The van der Waals surface area contributed by atoms with Crippen molar-refractivity contribution in [1.29, 1.82) is 0 Å². The number of rotatable bonds is 6. The molecule has 4 nitrogen and oxygen atoms in total. The van der Waals surface area contributed by atoms with Crippen molar-refractivity contribution in [2.24, 2.45) is 4.99 Å². The summed E-state index contributed by atoms with van der Waals surface area (Å²) < 4.78 is 18.3. The van der Waals surface area contributed by atoms with Crippen molar-refractivity contribution < 1.29 is 8.81 Å². The molecule has 0 saturated carbocycles. The zero-order valence-corrected chi connectivity index (χ0v) is 16.6. The maximum absolute atomic E-state index is 13.0. The van der Waals surface area contributed by atoms with Gasteiger partial charge in [-0.15, -0.1) is 24.0 Å². The molecule has 1 aromatic carbocycles. The molecule has 1 heterocycles. The molecule has 2 aromatic rings. The van der Waals surface area contributed by atoms with Crippen LogP contribution in [0.5, 0.6) is 0 Å².